The fraction of sp³-hybridized carbons (Fsp3) is 0.864. The molecule has 1 aliphatic carbocycles. The van der Waals surface area contributed by atoms with Crippen molar-refractivity contribution in [2.24, 2.45) is 17.8 Å². The van der Waals surface area contributed by atoms with Gasteiger partial charge in [-0.3, -0.25) is 15.4 Å². The number of nitrogens with one attached hydrogen (secondary N) is 5. The van der Waals surface area contributed by atoms with Crippen LogP contribution in [-0.4, -0.2) is 60.9 Å². The van der Waals surface area contributed by atoms with Crippen LogP contribution in [0.25, 0.3) is 0 Å². The number of nitrogens with zero attached hydrogens (tertiary/aromatic N) is 1. The first kappa shape index (κ1) is 24.7. The summed E-state index contributed by atoms with van der Waals surface area (Å²) in [4.78, 5) is 13.2. The van der Waals surface area contributed by atoms with Crippen LogP contribution < -0.4 is 26.7 Å². The van der Waals surface area contributed by atoms with Crippen LogP contribution in [0.5, 0.6) is 0 Å². The number of hydrazine groups is 1. The maximum absolute atomic E-state index is 13.7. The van der Waals surface area contributed by atoms with Gasteiger partial charge in [0.25, 0.3) is 0 Å². The molecule has 4 rings (SSSR count). The highest BCUT2D eigenvalue weighted by atomic mass is 19.4. The highest BCUT2D eigenvalue weighted by Gasteiger charge is 2.52. The van der Waals surface area contributed by atoms with E-state index in [2.05, 4.69) is 33.6 Å². The second kappa shape index (κ2) is 10.1. The quantitative estimate of drug-likeness (QED) is 0.415. The van der Waals surface area contributed by atoms with E-state index in [-0.39, 0.29) is 36.6 Å². The van der Waals surface area contributed by atoms with Crippen LogP contribution >= 0.6 is 0 Å². The minimum Gasteiger partial charge on any atom is -0.342 e. The Morgan fingerprint density at radius 2 is 2.00 bits per heavy atom. The summed E-state index contributed by atoms with van der Waals surface area (Å²) in [7, 11) is 0. The molecular formula is C22H37F3N6O2. The number of carbonyl (C=O) groups excluding carboxylic acids is 1. The molecule has 8 nitrogen and oxygen atoms in total. The van der Waals surface area contributed by atoms with Crippen LogP contribution in [0.2, 0.25) is 0 Å². The molecule has 0 aromatic carbocycles. The van der Waals surface area contributed by atoms with Crippen LogP contribution in [0.4, 0.5) is 13.2 Å². The van der Waals surface area contributed by atoms with E-state index in [4.69, 9.17) is 4.74 Å². The summed E-state index contributed by atoms with van der Waals surface area (Å²) in [5, 5.41) is 14.4. The van der Waals surface area contributed by atoms with Gasteiger partial charge in [-0.1, -0.05) is 19.8 Å². The SMILES string of the molecule is CC(C)OC1NCC=C(NC(=O)C2CNC3C(C)CC(C4CCCCC4C(F)(F)F)NN23)N1. The molecule has 1 saturated carbocycles. The van der Waals surface area contributed by atoms with Crippen molar-refractivity contribution in [3.8, 4) is 0 Å². The second-order valence-corrected chi connectivity index (χ2v) is 10.0. The molecule has 2 saturated heterocycles. The molecule has 4 aliphatic rings. The van der Waals surface area contributed by atoms with Gasteiger partial charge in [0.2, 0.25) is 5.91 Å². The predicted octanol–water partition coefficient (Wildman–Crippen LogP) is 1.73. The number of hydrogen-bond acceptors (Lipinski definition) is 7. The molecule has 1 amide bonds. The third-order valence-corrected chi connectivity index (χ3v) is 7.26. The standard InChI is InChI=1S/C22H37F3N6O2/c1-12(2)33-21-26-9-8-18(29-21)28-20(32)17-11-27-19-13(3)10-16(30-31(17)19)14-6-4-5-7-15(14)22(23,24)25/h8,12-17,19,21,26-27,29-30H,4-7,9-11H2,1-3H3,(H,28,32). The first-order valence-corrected chi connectivity index (χ1v) is 12.1. The number of hydrogen-bond donors (Lipinski definition) is 5. The molecule has 33 heavy (non-hydrogen) atoms. The van der Waals surface area contributed by atoms with Crippen molar-refractivity contribution >= 4 is 5.91 Å². The first-order chi connectivity index (χ1) is 15.6. The number of ether oxygens (including phenoxy) is 1. The molecule has 0 aromatic rings. The summed E-state index contributed by atoms with van der Waals surface area (Å²) >= 11 is 0. The van der Waals surface area contributed by atoms with Crippen molar-refractivity contribution in [2.75, 3.05) is 13.1 Å². The van der Waals surface area contributed by atoms with Crippen molar-refractivity contribution in [1.82, 2.24) is 31.7 Å². The van der Waals surface area contributed by atoms with E-state index in [1.165, 1.54) is 0 Å². The van der Waals surface area contributed by atoms with Gasteiger partial charge in [-0.25, -0.2) is 10.4 Å². The van der Waals surface area contributed by atoms with Gasteiger partial charge < -0.3 is 15.4 Å². The van der Waals surface area contributed by atoms with Gasteiger partial charge in [-0.05, 0) is 51.0 Å². The Morgan fingerprint density at radius 1 is 1.24 bits per heavy atom. The third kappa shape index (κ3) is 5.64. The number of carbonyl (C=O) groups is 1. The smallest absolute Gasteiger partial charge is 0.342 e. The van der Waals surface area contributed by atoms with Gasteiger partial charge in [-0.15, -0.1) is 0 Å². The van der Waals surface area contributed by atoms with Crippen LogP contribution in [0.1, 0.15) is 52.9 Å². The van der Waals surface area contributed by atoms with E-state index in [1.54, 1.807) is 0 Å². The van der Waals surface area contributed by atoms with E-state index in [9.17, 15) is 18.0 Å². The van der Waals surface area contributed by atoms with Crippen molar-refractivity contribution in [2.45, 2.75) is 89.8 Å². The molecule has 0 bridgehead atoms. The van der Waals surface area contributed by atoms with E-state index in [0.717, 1.165) is 6.42 Å². The van der Waals surface area contributed by atoms with Gasteiger partial charge in [0.15, 0.2) is 6.35 Å². The molecule has 0 radical (unpaired) electrons. The molecular weight excluding hydrogens is 437 g/mol. The van der Waals surface area contributed by atoms with Gasteiger partial charge in [0.1, 0.15) is 11.9 Å². The van der Waals surface area contributed by atoms with Crippen LogP contribution in [0.3, 0.4) is 0 Å². The van der Waals surface area contributed by atoms with Gasteiger partial charge in [-0.2, -0.15) is 13.2 Å². The molecule has 7 unspecified atom stereocenters. The Morgan fingerprint density at radius 3 is 2.73 bits per heavy atom. The molecule has 0 spiro atoms. The van der Waals surface area contributed by atoms with Crippen molar-refractivity contribution in [3.05, 3.63) is 11.9 Å². The molecule has 3 aliphatic heterocycles. The summed E-state index contributed by atoms with van der Waals surface area (Å²) in [6.45, 7) is 6.90. The molecule has 11 heteroatoms. The minimum atomic E-state index is -4.19. The Labute approximate surface area is 193 Å². The average Bonchev–Trinajstić information content (AvgIpc) is 3.18. The largest absolute Gasteiger partial charge is 0.392 e. The van der Waals surface area contributed by atoms with Gasteiger partial charge in [0.05, 0.1) is 18.2 Å². The Hall–Kier alpha value is -1.40. The predicted molar refractivity (Wildman–Crippen MR) is 117 cm³/mol. The lowest BCUT2D eigenvalue weighted by atomic mass is 9.72. The van der Waals surface area contributed by atoms with Crippen LogP contribution in [-0.2, 0) is 9.53 Å². The lowest BCUT2D eigenvalue weighted by molar-refractivity contribution is -0.204. The normalized spacial score (nSPS) is 37.9. The van der Waals surface area contributed by atoms with E-state index in [1.807, 2.05) is 24.9 Å². The number of halogens is 3. The summed E-state index contributed by atoms with van der Waals surface area (Å²) in [6.07, 6.45) is 0.0479. The highest BCUT2D eigenvalue weighted by Crippen LogP contribution is 2.45. The van der Waals surface area contributed by atoms with Crippen molar-refractivity contribution in [3.63, 3.8) is 0 Å². The Balaban J connectivity index is 1.42. The number of alkyl halides is 3. The maximum atomic E-state index is 13.7. The molecule has 0 aromatic heterocycles. The fourth-order valence-corrected chi connectivity index (χ4v) is 5.76. The molecule has 7 atom stereocenters. The fourth-order valence-electron chi connectivity index (χ4n) is 5.76. The molecule has 3 fully saturated rings. The Bertz CT molecular complexity index is 733. The number of amides is 1. The zero-order chi connectivity index (χ0) is 23.8. The maximum Gasteiger partial charge on any atom is 0.392 e. The molecule has 5 N–H and O–H groups in total. The number of fused-ring (bicyclic) bond motifs is 1. The molecule has 3 heterocycles. The Kier molecular flexibility index (Phi) is 7.54. The summed E-state index contributed by atoms with van der Waals surface area (Å²) in [6, 6.07) is -0.811. The van der Waals surface area contributed by atoms with E-state index >= 15 is 0 Å². The van der Waals surface area contributed by atoms with Crippen molar-refractivity contribution in [1.29, 1.82) is 0 Å². The van der Waals surface area contributed by atoms with Gasteiger partial charge >= 0.3 is 6.18 Å². The molecule has 188 valence electrons. The summed E-state index contributed by atoms with van der Waals surface area (Å²) < 4.78 is 46.9. The van der Waals surface area contributed by atoms with Gasteiger partial charge in [0, 0.05) is 19.1 Å². The third-order valence-electron chi connectivity index (χ3n) is 7.26. The highest BCUT2D eigenvalue weighted by molar-refractivity contribution is 5.84. The van der Waals surface area contributed by atoms with E-state index < -0.39 is 30.4 Å². The van der Waals surface area contributed by atoms with E-state index in [0.29, 0.717) is 38.2 Å². The first-order valence-electron chi connectivity index (χ1n) is 12.1. The zero-order valence-electron chi connectivity index (χ0n) is 19.5. The second-order valence-electron chi connectivity index (χ2n) is 10.0. The monoisotopic (exact) mass is 474 g/mol. The minimum absolute atomic E-state index is 0.0149. The summed E-state index contributed by atoms with van der Waals surface area (Å²) in [5.74, 6) is -1.25. The zero-order valence-corrected chi connectivity index (χ0v) is 19.5. The topological polar surface area (TPSA) is 89.7 Å². The van der Waals surface area contributed by atoms with Crippen LogP contribution in [0.15, 0.2) is 11.9 Å². The summed E-state index contributed by atoms with van der Waals surface area (Å²) in [5.41, 5.74) is 3.35. The average molecular weight is 475 g/mol. The number of rotatable bonds is 5. The lowest BCUT2D eigenvalue weighted by Gasteiger charge is -2.47. The lowest BCUT2D eigenvalue weighted by Crippen LogP contribution is -2.65. The van der Waals surface area contributed by atoms with Crippen molar-refractivity contribution < 1.29 is 22.7 Å². The van der Waals surface area contributed by atoms with Crippen LogP contribution in [0, 0.1) is 17.8 Å².